The molecule has 1 aromatic heterocycles. The Balaban J connectivity index is 1.64. The zero-order valence-corrected chi connectivity index (χ0v) is 17.6. The van der Waals surface area contributed by atoms with Crippen molar-refractivity contribution in [2.45, 2.75) is 48.7 Å². The summed E-state index contributed by atoms with van der Waals surface area (Å²) in [5.74, 6) is 0.714. The van der Waals surface area contributed by atoms with Gasteiger partial charge in [0.05, 0.1) is 17.7 Å². The second kappa shape index (κ2) is 9.58. The van der Waals surface area contributed by atoms with E-state index in [1.54, 1.807) is 0 Å². The molecule has 1 aliphatic heterocycles. The van der Waals surface area contributed by atoms with E-state index in [0.29, 0.717) is 36.8 Å². The molecule has 0 spiro atoms. The molecule has 3 rings (SSSR count). The van der Waals surface area contributed by atoms with Gasteiger partial charge in [0.25, 0.3) is 0 Å². The first-order valence-electron chi connectivity index (χ1n) is 9.87. The van der Waals surface area contributed by atoms with Crippen LogP contribution < -0.4 is 9.64 Å². The number of anilines is 1. The Bertz CT molecular complexity index is 862. The molecule has 0 radical (unpaired) electrons. The molecule has 170 valence electrons. The van der Waals surface area contributed by atoms with Crippen molar-refractivity contribution in [2.24, 2.45) is 0 Å². The molecule has 10 heteroatoms. The van der Waals surface area contributed by atoms with Crippen LogP contribution in [0.4, 0.5) is 32.2 Å². The highest BCUT2D eigenvalue weighted by Gasteiger charge is 2.33. The van der Waals surface area contributed by atoms with Gasteiger partial charge in [0.15, 0.2) is 0 Å². The quantitative estimate of drug-likeness (QED) is 0.446. The molecule has 2 heterocycles. The first kappa shape index (κ1) is 23.6. The summed E-state index contributed by atoms with van der Waals surface area (Å²) in [4.78, 5) is 6.51. The van der Waals surface area contributed by atoms with E-state index in [2.05, 4.69) is 4.98 Å². The number of thioether (sulfide) groups is 1. The summed E-state index contributed by atoms with van der Waals surface area (Å²) in [6.45, 7) is 3.40. The maximum absolute atomic E-state index is 13.0. The number of nitrogens with zero attached hydrogens (tertiary/aromatic N) is 2. The van der Waals surface area contributed by atoms with E-state index < -0.39 is 23.5 Å². The topological polar surface area (TPSA) is 25.4 Å². The Kier molecular flexibility index (Phi) is 7.28. The molecule has 31 heavy (non-hydrogen) atoms. The molecule has 0 aliphatic carbocycles. The van der Waals surface area contributed by atoms with E-state index in [1.807, 2.05) is 11.8 Å². The highest BCUT2D eigenvalue weighted by atomic mass is 32.2. The number of hydrogen-bond acceptors (Lipinski definition) is 4. The maximum Gasteiger partial charge on any atom is 0.417 e. The fourth-order valence-electron chi connectivity index (χ4n) is 3.23. The predicted octanol–water partition coefficient (Wildman–Crippen LogP) is 6.67. The molecule has 0 unspecified atom stereocenters. The van der Waals surface area contributed by atoms with Crippen molar-refractivity contribution in [1.29, 1.82) is 0 Å². The third kappa shape index (κ3) is 6.21. The Morgan fingerprint density at radius 1 is 1.00 bits per heavy atom. The third-order valence-corrected chi connectivity index (χ3v) is 6.26. The van der Waals surface area contributed by atoms with Crippen LogP contribution in [-0.2, 0) is 12.4 Å². The normalized spacial score (nSPS) is 15.9. The lowest BCUT2D eigenvalue weighted by Crippen LogP contribution is -2.35. The highest BCUT2D eigenvalue weighted by Crippen LogP contribution is 2.40. The van der Waals surface area contributed by atoms with Crippen LogP contribution in [0.5, 0.6) is 5.75 Å². The van der Waals surface area contributed by atoms with Crippen molar-refractivity contribution < 1.29 is 31.1 Å². The number of alkyl halides is 6. The Morgan fingerprint density at radius 3 is 2.19 bits per heavy atom. The second-order valence-corrected chi connectivity index (χ2v) is 8.56. The Hall–Kier alpha value is -2.10. The summed E-state index contributed by atoms with van der Waals surface area (Å²) in [5.41, 5.74) is -1.53. The Labute approximate surface area is 180 Å². The van der Waals surface area contributed by atoms with Crippen LogP contribution in [0.2, 0.25) is 0 Å². The van der Waals surface area contributed by atoms with Crippen LogP contribution in [0, 0.1) is 0 Å². The molecule has 0 atom stereocenters. The molecule has 2 aromatic rings. The molecular weight excluding hydrogens is 442 g/mol. The van der Waals surface area contributed by atoms with Crippen LogP contribution >= 0.6 is 11.8 Å². The van der Waals surface area contributed by atoms with Crippen LogP contribution in [0.3, 0.4) is 0 Å². The predicted molar refractivity (Wildman–Crippen MR) is 108 cm³/mol. The van der Waals surface area contributed by atoms with Crippen LogP contribution in [0.1, 0.15) is 37.3 Å². The van der Waals surface area contributed by atoms with Gasteiger partial charge in [-0.05, 0) is 49.6 Å². The van der Waals surface area contributed by atoms with Crippen molar-refractivity contribution in [3.05, 3.63) is 47.7 Å². The number of rotatable bonds is 6. The van der Waals surface area contributed by atoms with Gasteiger partial charge in [-0.2, -0.15) is 26.3 Å². The van der Waals surface area contributed by atoms with Crippen molar-refractivity contribution in [3.8, 4) is 5.75 Å². The molecule has 0 bridgehead atoms. The minimum absolute atomic E-state index is 0.159. The first-order valence-corrected chi connectivity index (χ1v) is 10.7. The smallest absolute Gasteiger partial charge is 0.417 e. The molecule has 1 fully saturated rings. The van der Waals surface area contributed by atoms with Crippen molar-refractivity contribution in [2.75, 3.05) is 24.6 Å². The lowest BCUT2D eigenvalue weighted by atomic mass is 10.1. The van der Waals surface area contributed by atoms with Gasteiger partial charge in [-0.1, -0.05) is 6.92 Å². The SMILES string of the molecule is CCCOc1cc(C(F)(F)F)ccc1SC1CCN(c2ccc(C(F)(F)F)cn2)CC1. The van der Waals surface area contributed by atoms with Gasteiger partial charge < -0.3 is 9.64 Å². The highest BCUT2D eigenvalue weighted by molar-refractivity contribution is 8.00. The summed E-state index contributed by atoms with van der Waals surface area (Å²) in [5, 5.41) is 0.159. The summed E-state index contributed by atoms with van der Waals surface area (Å²) < 4.78 is 82.8. The van der Waals surface area contributed by atoms with E-state index in [4.69, 9.17) is 4.74 Å². The minimum atomic E-state index is -4.44. The average molecular weight is 464 g/mol. The average Bonchev–Trinajstić information content (AvgIpc) is 2.72. The number of piperidine rings is 1. The van der Waals surface area contributed by atoms with Gasteiger partial charge in [0.1, 0.15) is 11.6 Å². The second-order valence-electron chi connectivity index (χ2n) is 7.21. The minimum Gasteiger partial charge on any atom is -0.492 e. The molecule has 1 aromatic carbocycles. The standard InChI is InChI=1S/C21H22F6N2OS/c1-2-11-30-17-12-14(20(22,23)24)3-5-18(17)31-16-7-9-29(10-8-16)19-6-4-15(13-28-19)21(25,26)27/h3-6,12-13,16H,2,7-11H2,1H3. The molecule has 0 amide bonds. The van der Waals surface area contributed by atoms with E-state index >= 15 is 0 Å². The molecule has 0 saturated carbocycles. The fraction of sp³-hybridized carbons (Fsp3) is 0.476. The molecular formula is C21H22F6N2OS. The Morgan fingerprint density at radius 2 is 1.65 bits per heavy atom. The van der Waals surface area contributed by atoms with Gasteiger partial charge in [-0.15, -0.1) is 11.8 Å². The van der Waals surface area contributed by atoms with Gasteiger partial charge in [-0.25, -0.2) is 4.98 Å². The summed E-state index contributed by atoms with van der Waals surface area (Å²) in [6.07, 6.45) is -5.90. The van der Waals surface area contributed by atoms with Crippen LogP contribution in [-0.4, -0.2) is 29.9 Å². The van der Waals surface area contributed by atoms with E-state index in [9.17, 15) is 26.3 Å². The van der Waals surface area contributed by atoms with Crippen LogP contribution in [0.25, 0.3) is 0 Å². The van der Waals surface area contributed by atoms with Gasteiger partial charge in [-0.3, -0.25) is 0 Å². The summed E-state index contributed by atoms with van der Waals surface area (Å²) in [6, 6.07) is 5.93. The summed E-state index contributed by atoms with van der Waals surface area (Å²) >= 11 is 1.48. The number of ether oxygens (including phenoxy) is 1. The zero-order chi connectivity index (χ0) is 22.6. The zero-order valence-electron chi connectivity index (χ0n) is 16.8. The van der Waals surface area contributed by atoms with E-state index in [-0.39, 0.29) is 11.0 Å². The van der Waals surface area contributed by atoms with Gasteiger partial charge in [0.2, 0.25) is 0 Å². The van der Waals surface area contributed by atoms with Crippen molar-refractivity contribution in [1.82, 2.24) is 4.98 Å². The largest absolute Gasteiger partial charge is 0.492 e. The van der Waals surface area contributed by atoms with Crippen LogP contribution in [0.15, 0.2) is 41.4 Å². The van der Waals surface area contributed by atoms with Gasteiger partial charge >= 0.3 is 12.4 Å². The lowest BCUT2D eigenvalue weighted by molar-refractivity contribution is -0.138. The fourth-order valence-corrected chi connectivity index (χ4v) is 4.42. The van der Waals surface area contributed by atoms with E-state index in [0.717, 1.165) is 37.2 Å². The molecule has 1 aliphatic rings. The number of pyridine rings is 1. The third-order valence-electron chi connectivity index (χ3n) is 4.87. The monoisotopic (exact) mass is 464 g/mol. The van der Waals surface area contributed by atoms with E-state index in [1.165, 1.54) is 23.9 Å². The molecule has 0 N–H and O–H groups in total. The maximum atomic E-state index is 13.0. The number of halogens is 6. The summed E-state index contributed by atoms with van der Waals surface area (Å²) in [7, 11) is 0. The number of benzene rings is 1. The molecule has 1 saturated heterocycles. The van der Waals surface area contributed by atoms with Gasteiger partial charge in [0, 0.05) is 29.4 Å². The number of hydrogen-bond donors (Lipinski definition) is 0. The molecule has 3 nitrogen and oxygen atoms in total. The first-order chi connectivity index (χ1) is 14.6. The lowest BCUT2D eigenvalue weighted by Gasteiger charge is -2.32. The van der Waals surface area contributed by atoms with Crippen molar-refractivity contribution >= 4 is 17.6 Å². The van der Waals surface area contributed by atoms with Crippen molar-refractivity contribution in [3.63, 3.8) is 0 Å². The number of aromatic nitrogens is 1.